The van der Waals surface area contributed by atoms with Crippen molar-refractivity contribution in [3.63, 3.8) is 0 Å². The second kappa shape index (κ2) is 9.60. The molecule has 0 bridgehead atoms. The quantitative estimate of drug-likeness (QED) is 0.787. The van der Waals surface area contributed by atoms with Crippen LogP contribution in [-0.2, 0) is 17.1 Å². The van der Waals surface area contributed by atoms with Gasteiger partial charge in [-0.05, 0) is 35.4 Å². The molecule has 25 heavy (non-hydrogen) atoms. The molecule has 6 heteroatoms. The van der Waals surface area contributed by atoms with Gasteiger partial charge >= 0.3 is 0 Å². The number of hydrogen-bond acceptors (Lipinski definition) is 5. The number of hydrogen-bond donors (Lipinski definition) is 1. The summed E-state index contributed by atoms with van der Waals surface area (Å²) >= 11 is 1.54. The van der Waals surface area contributed by atoms with Gasteiger partial charge in [-0.3, -0.25) is 4.79 Å². The number of rotatable bonds is 8. The number of carbonyl (C=O) groups is 1. The van der Waals surface area contributed by atoms with Gasteiger partial charge in [0.25, 0.3) is 0 Å². The Bertz CT molecular complexity index is 754. The fourth-order valence-electron chi connectivity index (χ4n) is 2.18. The van der Waals surface area contributed by atoms with E-state index in [-0.39, 0.29) is 5.91 Å². The van der Waals surface area contributed by atoms with Crippen LogP contribution in [0.3, 0.4) is 0 Å². The van der Waals surface area contributed by atoms with Crippen LogP contribution in [0.4, 0.5) is 0 Å². The van der Waals surface area contributed by atoms with Crippen LogP contribution < -0.4 is 14.8 Å². The molecule has 0 spiro atoms. The Morgan fingerprint density at radius 3 is 2.40 bits per heavy atom. The molecule has 0 fully saturated rings. The summed E-state index contributed by atoms with van der Waals surface area (Å²) in [5.74, 6) is 2.40. The molecule has 0 heterocycles. The molecule has 130 valence electrons. The molecule has 0 radical (unpaired) electrons. The molecule has 0 saturated carbocycles. The minimum atomic E-state index is -0.0200. The molecule has 0 aliphatic carbocycles. The molecule has 0 saturated heterocycles. The number of nitrogens with one attached hydrogen (secondary N) is 1. The number of amides is 1. The van der Waals surface area contributed by atoms with Crippen LogP contribution in [0.5, 0.6) is 11.5 Å². The molecule has 2 aromatic carbocycles. The molecule has 0 aliphatic heterocycles. The van der Waals surface area contributed by atoms with Gasteiger partial charge in [0.15, 0.2) is 11.5 Å². The van der Waals surface area contributed by atoms with Gasteiger partial charge in [-0.2, -0.15) is 5.26 Å². The smallest absolute Gasteiger partial charge is 0.230 e. The highest BCUT2D eigenvalue weighted by molar-refractivity contribution is 7.99. The van der Waals surface area contributed by atoms with Crippen LogP contribution >= 0.6 is 11.8 Å². The Morgan fingerprint density at radius 2 is 1.76 bits per heavy atom. The summed E-state index contributed by atoms with van der Waals surface area (Å²) in [4.78, 5) is 12.0. The Morgan fingerprint density at radius 1 is 1.08 bits per heavy atom. The number of benzene rings is 2. The zero-order valence-corrected chi connectivity index (χ0v) is 15.1. The lowest BCUT2D eigenvalue weighted by atomic mass is 10.2. The first kappa shape index (κ1) is 18.7. The topological polar surface area (TPSA) is 71.3 Å². The highest BCUT2D eigenvalue weighted by Crippen LogP contribution is 2.27. The van der Waals surface area contributed by atoms with E-state index in [9.17, 15) is 4.79 Å². The van der Waals surface area contributed by atoms with Crippen molar-refractivity contribution in [3.05, 3.63) is 59.2 Å². The number of methoxy groups -OCH3 is 2. The molecule has 1 N–H and O–H groups in total. The molecular weight excluding hydrogens is 336 g/mol. The van der Waals surface area contributed by atoms with Gasteiger partial charge in [0, 0.05) is 12.3 Å². The Kier molecular flexibility index (Phi) is 7.17. The molecule has 0 aliphatic rings. The zero-order chi connectivity index (χ0) is 18.1. The largest absolute Gasteiger partial charge is 0.493 e. The maximum atomic E-state index is 12.0. The standard InChI is InChI=1S/C19H20N2O3S/c1-23-17-8-7-16(9-18(17)24-2)11-21-19(22)13-25-12-15-5-3-14(10-20)4-6-15/h3-9H,11-13H2,1-2H3,(H,21,22). The number of carbonyl (C=O) groups excluding carboxylic acids is 1. The van der Waals surface area contributed by atoms with Crippen molar-refractivity contribution in [1.29, 1.82) is 5.26 Å². The van der Waals surface area contributed by atoms with Crippen molar-refractivity contribution in [3.8, 4) is 17.6 Å². The first-order valence-electron chi connectivity index (χ1n) is 7.70. The molecular formula is C19H20N2O3S. The summed E-state index contributed by atoms with van der Waals surface area (Å²) in [6.45, 7) is 0.441. The fourth-order valence-corrected chi connectivity index (χ4v) is 3.00. The Balaban J connectivity index is 1.76. The molecule has 1 amide bonds. The molecule has 0 atom stereocenters. The van der Waals surface area contributed by atoms with Crippen molar-refractivity contribution in [2.75, 3.05) is 20.0 Å². The number of ether oxygens (including phenoxy) is 2. The van der Waals surface area contributed by atoms with E-state index in [0.717, 1.165) is 16.9 Å². The van der Waals surface area contributed by atoms with Gasteiger partial charge in [0.2, 0.25) is 5.91 Å². The third-order valence-electron chi connectivity index (χ3n) is 3.52. The van der Waals surface area contributed by atoms with E-state index in [4.69, 9.17) is 14.7 Å². The fraction of sp³-hybridized carbons (Fsp3) is 0.263. The van der Waals surface area contributed by atoms with Crippen molar-refractivity contribution in [2.24, 2.45) is 0 Å². The highest BCUT2D eigenvalue weighted by Gasteiger charge is 2.06. The van der Waals surface area contributed by atoms with Crippen LogP contribution in [0.1, 0.15) is 16.7 Å². The van der Waals surface area contributed by atoms with Gasteiger partial charge in [-0.15, -0.1) is 11.8 Å². The zero-order valence-electron chi connectivity index (χ0n) is 14.2. The summed E-state index contributed by atoms with van der Waals surface area (Å²) in [6, 6.07) is 15.0. The van der Waals surface area contributed by atoms with E-state index in [2.05, 4.69) is 11.4 Å². The first-order chi connectivity index (χ1) is 12.2. The van der Waals surface area contributed by atoms with Crippen molar-refractivity contribution < 1.29 is 14.3 Å². The maximum absolute atomic E-state index is 12.0. The third-order valence-corrected chi connectivity index (χ3v) is 4.53. The average Bonchev–Trinajstić information content (AvgIpc) is 2.66. The summed E-state index contributed by atoms with van der Waals surface area (Å²) in [5, 5.41) is 11.7. The van der Waals surface area contributed by atoms with E-state index in [1.807, 2.05) is 30.3 Å². The third kappa shape index (κ3) is 5.73. The van der Waals surface area contributed by atoms with Gasteiger partial charge in [-0.25, -0.2) is 0 Å². The highest BCUT2D eigenvalue weighted by atomic mass is 32.2. The van der Waals surface area contributed by atoms with Crippen LogP contribution in [0.25, 0.3) is 0 Å². The normalized spacial score (nSPS) is 9.96. The van der Waals surface area contributed by atoms with E-state index in [1.165, 1.54) is 11.8 Å². The van der Waals surface area contributed by atoms with E-state index < -0.39 is 0 Å². The van der Waals surface area contributed by atoms with Crippen LogP contribution in [0.2, 0.25) is 0 Å². The number of nitriles is 1. The van der Waals surface area contributed by atoms with Gasteiger partial charge < -0.3 is 14.8 Å². The SMILES string of the molecule is COc1ccc(CNC(=O)CSCc2ccc(C#N)cc2)cc1OC. The Labute approximate surface area is 151 Å². The lowest BCUT2D eigenvalue weighted by molar-refractivity contribution is -0.118. The lowest BCUT2D eigenvalue weighted by Crippen LogP contribution is -2.24. The van der Waals surface area contributed by atoms with Gasteiger partial charge in [0.1, 0.15) is 0 Å². The minimum absolute atomic E-state index is 0.0200. The minimum Gasteiger partial charge on any atom is -0.493 e. The molecule has 2 aromatic rings. The second-order valence-corrected chi connectivity index (χ2v) is 6.25. The van der Waals surface area contributed by atoms with E-state index >= 15 is 0 Å². The summed E-state index contributed by atoms with van der Waals surface area (Å²) in [6.07, 6.45) is 0. The lowest BCUT2D eigenvalue weighted by Gasteiger charge is -2.10. The van der Waals surface area contributed by atoms with Crippen LogP contribution in [0, 0.1) is 11.3 Å². The molecule has 2 rings (SSSR count). The maximum Gasteiger partial charge on any atom is 0.230 e. The molecule has 0 aromatic heterocycles. The van der Waals surface area contributed by atoms with Gasteiger partial charge in [-0.1, -0.05) is 18.2 Å². The van der Waals surface area contributed by atoms with E-state index in [1.54, 1.807) is 26.4 Å². The number of nitrogens with zero attached hydrogens (tertiary/aromatic N) is 1. The summed E-state index contributed by atoms with van der Waals surface area (Å²) < 4.78 is 10.4. The first-order valence-corrected chi connectivity index (χ1v) is 8.86. The summed E-state index contributed by atoms with van der Waals surface area (Å²) in [5.41, 5.74) is 2.68. The van der Waals surface area contributed by atoms with E-state index in [0.29, 0.717) is 29.4 Å². The average molecular weight is 356 g/mol. The second-order valence-electron chi connectivity index (χ2n) is 5.27. The predicted molar refractivity (Wildman–Crippen MR) is 98.7 cm³/mol. The number of thioether (sulfide) groups is 1. The summed E-state index contributed by atoms with van der Waals surface area (Å²) in [7, 11) is 3.17. The predicted octanol–water partition coefficient (Wildman–Crippen LogP) is 3.13. The molecule has 0 unspecified atom stereocenters. The van der Waals surface area contributed by atoms with Crippen molar-refractivity contribution in [1.82, 2.24) is 5.32 Å². The molecule has 5 nitrogen and oxygen atoms in total. The van der Waals surface area contributed by atoms with Crippen molar-refractivity contribution >= 4 is 17.7 Å². The van der Waals surface area contributed by atoms with Crippen molar-refractivity contribution in [2.45, 2.75) is 12.3 Å². The van der Waals surface area contributed by atoms with Crippen LogP contribution in [0.15, 0.2) is 42.5 Å². The van der Waals surface area contributed by atoms with Crippen LogP contribution in [-0.4, -0.2) is 25.9 Å². The monoisotopic (exact) mass is 356 g/mol. The Hall–Kier alpha value is -2.65. The van der Waals surface area contributed by atoms with Gasteiger partial charge in [0.05, 0.1) is 31.6 Å².